The van der Waals surface area contributed by atoms with Crippen LogP contribution in [0.25, 0.3) is 0 Å². The van der Waals surface area contributed by atoms with Gasteiger partial charge in [0, 0.05) is 44.2 Å². The third-order valence-corrected chi connectivity index (χ3v) is 4.29. The van der Waals surface area contributed by atoms with Crippen LogP contribution < -0.4 is 11.3 Å². The number of hydrogen-bond donors (Lipinski definition) is 2. The van der Waals surface area contributed by atoms with Gasteiger partial charge in [-0.25, -0.2) is 0 Å². The van der Waals surface area contributed by atoms with Crippen molar-refractivity contribution in [2.75, 3.05) is 13.1 Å². The number of pyridine rings is 1. The number of rotatable bonds is 4. The molecule has 128 valence electrons. The van der Waals surface area contributed by atoms with Crippen LogP contribution in [0.5, 0.6) is 0 Å². The van der Waals surface area contributed by atoms with Gasteiger partial charge in [0.2, 0.25) is 0 Å². The number of H-pyrrole nitrogens is 1. The highest BCUT2D eigenvalue weighted by Gasteiger charge is 2.20. The zero-order chi connectivity index (χ0) is 17.3. The van der Waals surface area contributed by atoms with Crippen LogP contribution in [0.1, 0.15) is 47.5 Å². The number of nitrogens with zero attached hydrogens (tertiary/aromatic N) is 4. The lowest BCUT2D eigenvalue weighted by atomic mass is 10.2. The Morgan fingerprint density at radius 1 is 1.29 bits per heavy atom. The summed E-state index contributed by atoms with van der Waals surface area (Å²) in [6, 6.07) is 3.23. The summed E-state index contributed by atoms with van der Waals surface area (Å²) >= 11 is 0. The van der Waals surface area contributed by atoms with Crippen molar-refractivity contribution >= 4 is 5.91 Å². The molecule has 3 heterocycles. The fraction of sp³-hybridized carbons (Fsp3) is 0.500. The SMILES string of the molecule is CC(C)c1nnc2n1CCN(Cc1ccc(C(N)=O)c(=O)[nH]1)CC2. The summed E-state index contributed by atoms with van der Waals surface area (Å²) in [7, 11) is 0. The number of amides is 1. The quantitative estimate of drug-likeness (QED) is 0.835. The normalized spacial score (nSPS) is 15.3. The molecule has 1 amide bonds. The fourth-order valence-electron chi connectivity index (χ4n) is 3.02. The Labute approximate surface area is 139 Å². The van der Waals surface area contributed by atoms with Crippen LogP contribution in [0.3, 0.4) is 0 Å². The predicted molar refractivity (Wildman–Crippen MR) is 88.7 cm³/mol. The number of hydrogen-bond acceptors (Lipinski definition) is 5. The van der Waals surface area contributed by atoms with Crippen molar-refractivity contribution in [2.45, 2.75) is 39.3 Å². The lowest BCUT2D eigenvalue weighted by Crippen LogP contribution is -2.29. The van der Waals surface area contributed by atoms with E-state index in [-0.39, 0.29) is 5.56 Å². The minimum absolute atomic E-state index is 0.0117. The van der Waals surface area contributed by atoms with Crippen molar-refractivity contribution in [1.29, 1.82) is 0 Å². The maximum Gasteiger partial charge on any atom is 0.261 e. The van der Waals surface area contributed by atoms with E-state index in [0.29, 0.717) is 12.5 Å². The molecular formula is C16H22N6O2. The van der Waals surface area contributed by atoms with E-state index in [1.807, 2.05) is 0 Å². The molecule has 0 saturated carbocycles. The Morgan fingerprint density at radius 3 is 2.75 bits per heavy atom. The van der Waals surface area contributed by atoms with Gasteiger partial charge in [0.15, 0.2) is 0 Å². The minimum atomic E-state index is -0.711. The van der Waals surface area contributed by atoms with E-state index in [0.717, 1.165) is 43.4 Å². The standard InChI is InChI=1S/C16H22N6O2/c1-10(2)15-20-19-13-5-6-21(7-8-22(13)15)9-11-3-4-12(14(17)23)16(24)18-11/h3-4,10H,5-9H2,1-2H3,(H2,17,23)(H,18,24). The van der Waals surface area contributed by atoms with E-state index in [2.05, 4.69) is 38.5 Å². The Balaban J connectivity index is 1.71. The first kappa shape index (κ1) is 16.4. The molecule has 2 aromatic heterocycles. The van der Waals surface area contributed by atoms with Crippen LogP contribution >= 0.6 is 0 Å². The molecule has 0 unspecified atom stereocenters. The summed E-state index contributed by atoms with van der Waals surface area (Å²) in [6.07, 6.45) is 0.823. The molecule has 8 nitrogen and oxygen atoms in total. The summed E-state index contributed by atoms with van der Waals surface area (Å²) in [5.41, 5.74) is 5.48. The molecule has 1 aliphatic heterocycles. The lowest BCUT2D eigenvalue weighted by Gasteiger charge is -2.19. The third kappa shape index (κ3) is 3.23. The molecule has 1 aliphatic rings. The van der Waals surface area contributed by atoms with Crippen LogP contribution in [-0.4, -0.2) is 43.6 Å². The molecule has 0 bridgehead atoms. The number of nitrogens with one attached hydrogen (secondary N) is 1. The average Bonchev–Trinajstić information content (AvgIpc) is 2.83. The van der Waals surface area contributed by atoms with Crippen LogP contribution in [0.15, 0.2) is 16.9 Å². The zero-order valence-electron chi connectivity index (χ0n) is 14.0. The summed E-state index contributed by atoms with van der Waals surface area (Å²) in [6.45, 7) is 7.37. The molecule has 0 aromatic carbocycles. The number of carbonyl (C=O) groups is 1. The second-order valence-electron chi connectivity index (χ2n) is 6.40. The topological polar surface area (TPSA) is 110 Å². The smallest absolute Gasteiger partial charge is 0.261 e. The number of aromatic nitrogens is 4. The Hall–Kier alpha value is -2.48. The van der Waals surface area contributed by atoms with E-state index in [1.165, 1.54) is 6.07 Å². The van der Waals surface area contributed by atoms with E-state index in [9.17, 15) is 9.59 Å². The number of primary amides is 1. The largest absolute Gasteiger partial charge is 0.365 e. The first-order valence-corrected chi connectivity index (χ1v) is 8.12. The molecule has 0 atom stereocenters. The highest BCUT2D eigenvalue weighted by molar-refractivity contribution is 5.92. The molecule has 0 saturated heterocycles. The van der Waals surface area contributed by atoms with Gasteiger partial charge in [0.25, 0.3) is 11.5 Å². The van der Waals surface area contributed by atoms with Crippen molar-refractivity contribution in [3.05, 3.63) is 45.4 Å². The number of nitrogens with two attached hydrogens (primary N) is 1. The van der Waals surface area contributed by atoms with Crippen molar-refractivity contribution < 1.29 is 4.79 Å². The highest BCUT2D eigenvalue weighted by Crippen LogP contribution is 2.17. The summed E-state index contributed by atoms with van der Waals surface area (Å²) in [5.74, 6) is 1.66. The fourth-order valence-corrected chi connectivity index (χ4v) is 3.02. The van der Waals surface area contributed by atoms with Gasteiger partial charge in [-0.3, -0.25) is 14.5 Å². The maximum absolute atomic E-state index is 11.9. The summed E-state index contributed by atoms with van der Waals surface area (Å²) in [5, 5.41) is 8.59. The van der Waals surface area contributed by atoms with Gasteiger partial charge in [-0.1, -0.05) is 13.8 Å². The number of aromatic amines is 1. The van der Waals surface area contributed by atoms with Crippen LogP contribution in [0.4, 0.5) is 0 Å². The second-order valence-corrected chi connectivity index (χ2v) is 6.40. The van der Waals surface area contributed by atoms with Crippen molar-refractivity contribution in [2.24, 2.45) is 5.73 Å². The molecule has 2 aromatic rings. The van der Waals surface area contributed by atoms with E-state index >= 15 is 0 Å². The summed E-state index contributed by atoms with van der Waals surface area (Å²) < 4.78 is 2.20. The summed E-state index contributed by atoms with van der Waals surface area (Å²) in [4.78, 5) is 28.0. The molecule has 0 fully saturated rings. The highest BCUT2D eigenvalue weighted by atomic mass is 16.2. The van der Waals surface area contributed by atoms with Crippen molar-refractivity contribution in [3.8, 4) is 0 Å². The zero-order valence-corrected chi connectivity index (χ0v) is 14.0. The second kappa shape index (κ2) is 6.56. The maximum atomic E-state index is 11.9. The van der Waals surface area contributed by atoms with Crippen LogP contribution in [0, 0.1) is 0 Å². The van der Waals surface area contributed by atoms with Gasteiger partial charge < -0.3 is 15.3 Å². The lowest BCUT2D eigenvalue weighted by molar-refractivity contribution is 0.0999. The van der Waals surface area contributed by atoms with Gasteiger partial charge in [-0.2, -0.15) is 0 Å². The predicted octanol–water partition coefficient (Wildman–Crippen LogP) is 0.247. The molecule has 24 heavy (non-hydrogen) atoms. The molecular weight excluding hydrogens is 308 g/mol. The number of fused-ring (bicyclic) bond motifs is 1. The molecule has 0 spiro atoms. The Kier molecular flexibility index (Phi) is 4.48. The molecule has 0 radical (unpaired) electrons. The van der Waals surface area contributed by atoms with Gasteiger partial charge in [-0.05, 0) is 12.1 Å². The molecule has 3 N–H and O–H groups in total. The van der Waals surface area contributed by atoms with Gasteiger partial charge >= 0.3 is 0 Å². The monoisotopic (exact) mass is 330 g/mol. The van der Waals surface area contributed by atoms with Crippen molar-refractivity contribution in [3.63, 3.8) is 0 Å². The first-order valence-electron chi connectivity index (χ1n) is 8.12. The minimum Gasteiger partial charge on any atom is -0.365 e. The average molecular weight is 330 g/mol. The number of carbonyl (C=O) groups excluding carboxylic acids is 1. The molecule has 0 aliphatic carbocycles. The van der Waals surface area contributed by atoms with Crippen LogP contribution in [0.2, 0.25) is 0 Å². The molecule has 8 heteroatoms. The third-order valence-electron chi connectivity index (χ3n) is 4.29. The Morgan fingerprint density at radius 2 is 2.08 bits per heavy atom. The van der Waals surface area contributed by atoms with Crippen molar-refractivity contribution in [1.82, 2.24) is 24.6 Å². The van der Waals surface area contributed by atoms with E-state index in [4.69, 9.17) is 5.73 Å². The van der Waals surface area contributed by atoms with Gasteiger partial charge in [0.1, 0.15) is 17.2 Å². The van der Waals surface area contributed by atoms with Crippen LogP contribution in [-0.2, 0) is 19.5 Å². The van der Waals surface area contributed by atoms with E-state index < -0.39 is 11.5 Å². The molecule has 3 rings (SSSR count). The first-order chi connectivity index (χ1) is 11.5. The Bertz CT molecular complexity index is 807. The van der Waals surface area contributed by atoms with Gasteiger partial charge in [0.05, 0.1) is 0 Å². The van der Waals surface area contributed by atoms with E-state index in [1.54, 1.807) is 6.07 Å². The van der Waals surface area contributed by atoms with Gasteiger partial charge in [-0.15, -0.1) is 10.2 Å².